The lowest BCUT2D eigenvalue weighted by Gasteiger charge is -2.34. The highest BCUT2D eigenvalue weighted by Crippen LogP contribution is 2.28. The van der Waals surface area contributed by atoms with Crippen LogP contribution in [0.1, 0.15) is 59.3 Å². The molecule has 2 aliphatic rings. The average molecular weight is 252 g/mol. The minimum atomic E-state index is 0.0429. The quantitative estimate of drug-likeness (QED) is 0.792. The summed E-state index contributed by atoms with van der Waals surface area (Å²) in [5.41, 5.74) is 0. The van der Waals surface area contributed by atoms with Crippen LogP contribution in [0.2, 0.25) is 0 Å². The third kappa shape index (κ3) is 3.71. The van der Waals surface area contributed by atoms with Crippen LogP contribution >= 0.6 is 0 Å². The van der Waals surface area contributed by atoms with Gasteiger partial charge in [-0.15, -0.1) is 0 Å². The molecule has 4 atom stereocenters. The Hall–Kier alpha value is -0.570. The van der Waals surface area contributed by atoms with E-state index >= 15 is 0 Å². The van der Waals surface area contributed by atoms with E-state index in [-0.39, 0.29) is 11.9 Å². The van der Waals surface area contributed by atoms with Crippen molar-refractivity contribution >= 4 is 5.91 Å². The summed E-state index contributed by atoms with van der Waals surface area (Å²) in [6, 6.07) is 0.926. The van der Waals surface area contributed by atoms with Crippen molar-refractivity contribution in [1.29, 1.82) is 0 Å². The molecule has 3 nitrogen and oxygen atoms in total. The van der Waals surface area contributed by atoms with Gasteiger partial charge in [0.2, 0.25) is 5.91 Å². The molecule has 2 rings (SSSR count). The highest BCUT2D eigenvalue weighted by atomic mass is 16.2. The standard InChI is InChI=1S/C15H28N2O/c1-10-7-11(2)9-13(8-10)17-15(18)14-6-4-5-12(3)16-14/h10-14,16H,4-9H2,1-3H3,(H,17,18). The summed E-state index contributed by atoms with van der Waals surface area (Å²) < 4.78 is 0. The lowest BCUT2D eigenvalue weighted by molar-refractivity contribution is -0.125. The zero-order chi connectivity index (χ0) is 13.1. The molecule has 1 heterocycles. The maximum atomic E-state index is 12.3. The molecule has 1 amide bonds. The second-order valence-corrected chi connectivity index (χ2v) is 6.67. The van der Waals surface area contributed by atoms with Crippen LogP contribution in [0.4, 0.5) is 0 Å². The summed E-state index contributed by atoms with van der Waals surface area (Å²) in [6.07, 6.45) is 6.97. The summed E-state index contributed by atoms with van der Waals surface area (Å²) >= 11 is 0. The number of nitrogens with one attached hydrogen (secondary N) is 2. The van der Waals surface area contributed by atoms with Gasteiger partial charge in [-0.2, -0.15) is 0 Å². The van der Waals surface area contributed by atoms with Gasteiger partial charge in [-0.25, -0.2) is 0 Å². The van der Waals surface area contributed by atoms with Crippen LogP contribution in [0.5, 0.6) is 0 Å². The van der Waals surface area contributed by atoms with E-state index in [1.165, 1.54) is 19.3 Å². The van der Waals surface area contributed by atoms with Gasteiger partial charge in [0.25, 0.3) is 0 Å². The van der Waals surface area contributed by atoms with Gasteiger partial charge < -0.3 is 10.6 Å². The van der Waals surface area contributed by atoms with Gasteiger partial charge in [0.15, 0.2) is 0 Å². The van der Waals surface area contributed by atoms with Gasteiger partial charge in [-0.05, 0) is 57.3 Å². The molecule has 0 aromatic heterocycles. The molecule has 18 heavy (non-hydrogen) atoms. The van der Waals surface area contributed by atoms with Gasteiger partial charge in [0.1, 0.15) is 0 Å². The van der Waals surface area contributed by atoms with Gasteiger partial charge in [0, 0.05) is 12.1 Å². The topological polar surface area (TPSA) is 41.1 Å². The Balaban J connectivity index is 1.83. The van der Waals surface area contributed by atoms with E-state index in [0.29, 0.717) is 12.1 Å². The van der Waals surface area contributed by atoms with Crippen molar-refractivity contribution in [2.75, 3.05) is 0 Å². The van der Waals surface area contributed by atoms with E-state index in [1.807, 2.05) is 0 Å². The molecular formula is C15H28N2O. The molecule has 2 fully saturated rings. The Kier molecular flexibility index (Phi) is 4.66. The molecule has 1 aliphatic carbocycles. The SMILES string of the molecule is CC1CC(C)CC(NC(=O)C2CCCC(C)N2)C1. The molecule has 3 heteroatoms. The van der Waals surface area contributed by atoms with Crippen molar-refractivity contribution < 1.29 is 4.79 Å². The van der Waals surface area contributed by atoms with Gasteiger partial charge >= 0.3 is 0 Å². The summed E-state index contributed by atoms with van der Waals surface area (Å²) in [5.74, 6) is 1.72. The van der Waals surface area contributed by atoms with Gasteiger partial charge in [-0.1, -0.05) is 13.8 Å². The number of hydrogen-bond donors (Lipinski definition) is 2. The van der Waals surface area contributed by atoms with Crippen molar-refractivity contribution in [2.45, 2.75) is 77.4 Å². The fourth-order valence-corrected chi connectivity index (χ4v) is 3.71. The van der Waals surface area contributed by atoms with E-state index in [2.05, 4.69) is 31.4 Å². The third-order valence-electron chi connectivity index (χ3n) is 4.46. The number of hydrogen-bond acceptors (Lipinski definition) is 2. The summed E-state index contributed by atoms with van der Waals surface area (Å²) in [7, 11) is 0. The Labute approximate surface area is 111 Å². The minimum absolute atomic E-state index is 0.0429. The normalized spacial score (nSPS) is 41.4. The minimum Gasteiger partial charge on any atom is -0.352 e. The summed E-state index contributed by atoms with van der Waals surface area (Å²) in [6.45, 7) is 6.77. The van der Waals surface area contributed by atoms with Crippen molar-refractivity contribution in [3.8, 4) is 0 Å². The lowest BCUT2D eigenvalue weighted by atomic mass is 9.80. The maximum Gasteiger partial charge on any atom is 0.237 e. The van der Waals surface area contributed by atoms with E-state index in [1.54, 1.807) is 0 Å². The van der Waals surface area contributed by atoms with Crippen LogP contribution in [0.15, 0.2) is 0 Å². The molecule has 2 N–H and O–H groups in total. The first-order valence-corrected chi connectivity index (χ1v) is 7.61. The third-order valence-corrected chi connectivity index (χ3v) is 4.46. The largest absolute Gasteiger partial charge is 0.352 e. The van der Waals surface area contributed by atoms with E-state index < -0.39 is 0 Å². The second-order valence-electron chi connectivity index (χ2n) is 6.67. The Morgan fingerprint density at radius 2 is 1.72 bits per heavy atom. The van der Waals surface area contributed by atoms with Crippen LogP contribution < -0.4 is 10.6 Å². The first-order valence-electron chi connectivity index (χ1n) is 7.61. The highest BCUT2D eigenvalue weighted by Gasteiger charge is 2.29. The maximum absolute atomic E-state index is 12.3. The van der Waals surface area contributed by atoms with E-state index in [0.717, 1.165) is 31.1 Å². The Morgan fingerprint density at radius 3 is 2.33 bits per heavy atom. The average Bonchev–Trinajstić information content (AvgIpc) is 2.27. The molecule has 1 saturated carbocycles. The molecule has 1 saturated heterocycles. The first kappa shape index (κ1) is 13.9. The zero-order valence-corrected chi connectivity index (χ0v) is 12.0. The van der Waals surface area contributed by atoms with Crippen LogP contribution in [-0.2, 0) is 4.79 Å². The molecule has 0 radical (unpaired) electrons. The van der Waals surface area contributed by atoms with Gasteiger partial charge in [-0.3, -0.25) is 4.79 Å². The number of carbonyl (C=O) groups excluding carboxylic acids is 1. The molecule has 0 spiro atoms. The predicted molar refractivity (Wildman–Crippen MR) is 74.3 cm³/mol. The first-order chi connectivity index (χ1) is 8.54. The lowest BCUT2D eigenvalue weighted by Crippen LogP contribution is -2.53. The number of amides is 1. The monoisotopic (exact) mass is 252 g/mol. The predicted octanol–water partition coefficient (Wildman–Crippen LogP) is 2.46. The molecule has 0 bridgehead atoms. The van der Waals surface area contributed by atoms with Crippen LogP contribution in [-0.4, -0.2) is 24.0 Å². The summed E-state index contributed by atoms with van der Waals surface area (Å²) in [4.78, 5) is 12.3. The fourth-order valence-electron chi connectivity index (χ4n) is 3.71. The molecule has 0 aromatic rings. The zero-order valence-electron chi connectivity index (χ0n) is 12.0. The molecule has 4 unspecified atom stereocenters. The fraction of sp³-hybridized carbons (Fsp3) is 0.933. The van der Waals surface area contributed by atoms with Crippen molar-refractivity contribution in [2.24, 2.45) is 11.8 Å². The van der Waals surface area contributed by atoms with E-state index in [4.69, 9.17) is 0 Å². The Morgan fingerprint density at radius 1 is 1.06 bits per heavy atom. The second kappa shape index (κ2) is 6.05. The number of rotatable bonds is 2. The van der Waals surface area contributed by atoms with Crippen molar-refractivity contribution in [1.82, 2.24) is 10.6 Å². The van der Waals surface area contributed by atoms with Crippen molar-refractivity contribution in [3.05, 3.63) is 0 Å². The molecule has 0 aromatic carbocycles. The van der Waals surface area contributed by atoms with Crippen LogP contribution in [0, 0.1) is 11.8 Å². The molecule has 104 valence electrons. The molecule has 1 aliphatic heterocycles. The molecular weight excluding hydrogens is 224 g/mol. The number of piperidine rings is 1. The van der Waals surface area contributed by atoms with Crippen LogP contribution in [0.25, 0.3) is 0 Å². The van der Waals surface area contributed by atoms with Gasteiger partial charge in [0.05, 0.1) is 6.04 Å². The van der Waals surface area contributed by atoms with Crippen LogP contribution in [0.3, 0.4) is 0 Å². The van der Waals surface area contributed by atoms with Crippen molar-refractivity contribution in [3.63, 3.8) is 0 Å². The number of carbonyl (C=O) groups is 1. The Bertz CT molecular complexity index is 282. The highest BCUT2D eigenvalue weighted by molar-refractivity contribution is 5.82. The summed E-state index contributed by atoms with van der Waals surface area (Å²) in [5, 5.41) is 6.68. The smallest absolute Gasteiger partial charge is 0.237 e. The van der Waals surface area contributed by atoms with E-state index in [9.17, 15) is 4.79 Å².